The largest absolute Gasteiger partial charge is 0.497 e. The Morgan fingerprint density at radius 3 is 3.03 bits per heavy atom. The molecule has 31 heavy (non-hydrogen) atoms. The lowest BCUT2D eigenvalue weighted by Gasteiger charge is -2.27. The van der Waals surface area contributed by atoms with Crippen LogP contribution in [0.25, 0.3) is 10.9 Å². The first kappa shape index (κ1) is 19.9. The normalized spacial score (nSPS) is 15.4. The van der Waals surface area contributed by atoms with Gasteiger partial charge in [-0.05, 0) is 48.2 Å². The van der Waals surface area contributed by atoms with E-state index < -0.39 is 0 Å². The average molecular weight is 420 g/mol. The highest BCUT2D eigenvalue weighted by Crippen LogP contribution is 2.34. The lowest BCUT2D eigenvalue weighted by Crippen LogP contribution is -2.31. The minimum atomic E-state index is -0.100. The van der Waals surface area contributed by atoms with Gasteiger partial charge in [0.1, 0.15) is 11.5 Å². The second-order valence-corrected chi connectivity index (χ2v) is 8.39. The molecular weight excluding hydrogens is 390 g/mol. The third-order valence-electron chi connectivity index (χ3n) is 6.56. The van der Waals surface area contributed by atoms with Crippen LogP contribution in [0.1, 0.15) is 39.2 Å². The Morgan fingerprint density at radius 2 is 2.19 bits per heavy atom. The van der Waals surface area contributed by atoms with Crippen LogP contribution in [-0.4, -0.2) is 49.6 Å². The quantitative estimate of drug-likeness (QED) is 0.642. The highest BCUT2D eigenvalue weighted by Gasteiger charge is 2.24. The number of carbonyl (C=O) groups is 1. The van der Waals surface area contributed by atoms with Crippen molar-refractivity contribution in [2.75, 3.05) is 33.9 Å². The van der Waals surface area contributed by atoms with Crippen molar-refractivity contribution in [1.82, 2.24) is 15.2 Å². The van der Waals surface area contributed by atoms with Gasteiger partial charge < -0.3 is 19.8 Å². The number of nitrogens with zero attached hydrogens (tertiary/aromatic N) is 1. The van der Waals surface area contributed by atoms with Crippen LogP contribution in [-0.2, 0) is 25.8 Å². The van der Waals surface area contributed by atoms with E-state index in [1.54, 1.807) is 20.2 Å². The van der Waals surface area contributed by atoms with Crippen molar-refractivity contribution in [3.05, 3.63) is 58.3 Å². The van der Waals surface area contributed by atoms with Gasteiger partial charge in [0.25, 0.3) is 5.91 Å². The number of benzene rings is 2. The summed E-state index contributed by atoms with van der Waals surface area (Å²) in [5, 5.41) is 3.83. The van der Waals surface area contributed by atoms with Crippen LogP contribution >= 0.6 is 0 Å². The van der Waals surface area contributed by atoms with Crippen LogP contribution in [0.5, 0.6) is 11.5 Å². The van der Waals surface area contributed by atoms with Crippen molar-refractivity contribution in [3.63, 3.8) is 0 Å². The molecular formula is C25H29N3O3. The first-order valence-corrected chi connectivity index (χ1v) is 11.1. The molecule has 1 aromatic heterocycles. The summed E-state index contributed by atoms with van der Waals surface area (Å²) in [5.41, 5.74) is 6.74. The summed E-state index contributed by atoms with van der Waals surface area (Å²) < 4.78 is 11.3. The molecule has 0 bridgehead atoms. The number of carbonyl (C=O) groups excluding carboxylic acids is 1. The maximum Gasteiger partial charge on any atom is 0.253 e. The van der Waals surface area contributed by atoms with E-state index >= 15 is 0 Å². The molecule has 0 unspecified atom stereocenters. The molecule has 1 amide bonds. The van der Waals surface area contributed by atoms with Crippen LogP contribution < -0.4 is 14.8 Å². The molecule has 2 N–H and O–H groups in total. The van der Waals surface area contributed by atoms with E-state index in [9.17, 15) is 4.79 Å². The van der Waals surface area contributed by atoms with Gasteiger partial charge in [0.15, 0.2) is 0 Å². The fraction of sp³-hybridized carbons (Fsp3) is 0.400. The maximum absolute atomic E-state index is 12.4. The average Bonchev–Trinajstić information content (AvgIpc) is 3.42. The van der Waals surface area contributed by atoms with Crippen molar-refractivity contribution in [1.29, 1.82) is 0 Å². The van der Waals surface area contributed by atoms with Crippen LogP contribution in [0.2, 0.25) is 0 Å². The van der Waals surface area contributed by atoms with E-state index in [4.69, 9.17) is 9.47 Å². The molecule has 0 saturated heterocycles. The topological polar surface area (TPSA) is 66.6 Å². The number of nitrogens with one attached hydrogen (secondary N) is 2. The predicted molar refractivity (Wildman–Crippen MR) is 121 cm³/mol. The summed E-state index contributed by atoms with van der Waals surface area (Å²) in [5.74, 6) is 1.73. The highest BCUT2D eigenvalue weighted by molar-refractivity contribution is 6.07. The summed E-state index contributed by atoms with van der Waals surface area (Å²) >= 11 is 0. The minimum Gasteiger partial charge on any atom is -0.497 e. The summed E-state index contributed by atoms with van der Waals surface area (Å²) in [6, 6.07) is 10.4. The van der Waals surface area contributed by atoms with Crippen LogP contribution in [0.4, 0.5) is 0 Å². The van der Waals surface area contributed by atoms with E-state index in [-0.39, 0.29) is 5.91 Å². The number of H-pyrrole nitrogens is 1. The molecule has 0 atom stereocenters. The number of aromatic amines is 1. The monoisotopic (exact) mass is 419 g/mol. The van der Waals surface area contributed by atoms with Gasteiger partial charge in [-0.3, -0.25) is 9.69 Å². The Hall–Kier alpha value is -2.99. The van der Waals surface area contributed by atoms with Gasteiger partial charge in [-0.2, -0.15) is 0 Å². The van der Waals surface area contributed by atoms with Crippen molar-refractivity contribution in [3.8, 4) is 11.5 Å². The van der Waals surface area contributed by atoms with E-state index in [0.717, 1.165) is 68.6 Å². The molecule has 0 radical (unpaired) electrons. The van der Waals surface area contributed by atoms with Crippen molar-refractivity contribution in [2.45, 2.75) is 32.2 Å². The number of aromatic nitrogens is 1. The van der Waals surface area contributed by atoms with Crippen molar-refractivity contribution < 1.29 is 14.3 Å². The van der Waals surface area contributed by atoms with Crippen LogP contribution in [0, 0.1) is 0 Å². The number of rotatable bonds is 6. The van der Waals surface area contributed by atoms with Gasteiger partial charge >= 0.3 is 0 Å². The fourth-order valence-electron chi connectivity index (χ4n) is 4.94. The SMILES string of the molecule is CNC(=O)c1cc(OC)cc2c3c([nH]c12)CCN(CCCc1cccc2c1OCC2)C3. The number of methoxy groups -OCH3 is 1. The molecule has 2 aliphatic rings. The number of amides is 1. The third-order valence-corrected chi connectivity index (χ3v) is 6.56. The Bertz CT molecular complexity index is 1130. The predicted octanol–water partition coefficient (Wildman–Crippen LogP) is 3.46. The van der Waals surface area contributed by atoms with Gasteiger partial charge in [0.2, 0.25) is 0 Å². The summed E-state index contributed by atoms with van der Waals surface area (Å²) in [7, 11) is 3.30. The molecule has 6 heteroatoms. The zero-order chi connectivity index (χ0) is 21.4. The molecule has 0 spiro atoms. The molecule has 3 aromatic rings. The van der Waals surface area contributed by atoms with E-state index in [2.05, 4.69) is 33.4 Å². The number of fused-ring (bicyclic) bond motifs is 4. The fourth-order valence-corrected chi connectivity index (χ4v) is 4.94. The first-order valence-electron chi connectivity index (χ1n) is 11.1. The van der Waals surface area contributed by atoms with Gasteiger partial charge in [0, 0.05) is 44.1 Å². The number of aryl methyl sites for hydroxylation is 1. The van der Waals surface area contributed by atoms with Crippen LogP contribution in [0.15, 0.2) is 30.3 Å². The van der Waals surface area contributed by atoms with Gasteiger partial charge in [0.05, 0.1) is 24.8 Å². The first-order chi connectivity index (χ1) is 15.2. The molecule has 0 fully saturated rings. The van der Waals surface area contributed by atoms with E-state index in [1.807, 2.05) is 6.07 Å². The third kappa shape index (κ3) is 3.65. The second kappa shape index (κ2) is 8.27. The number of para-hydroxylation sites is 1. The minimum absolute atomic E-state index is 0.100. The lowest BCUT2D eigenvalue weighted by molar-refractivity contribution is 0.0964. The number of hydrogen-bond donors (Lipinski definition) is 2. The molecule has 0 aliphatic carbocycles. The standard InChI is InChI=1S/C25H29N3O3/c1-26-25(29)20-14-18(30-2)13-19-21-15-28(11-8-22(21)27-23(19)20)10-4-7-16-5-3-6-17-9-12-31-24(16)17/h3,5-6,13-14,27H,4,7-12,15H2,1-2H3,(H,26,29). The lowest BCUT2D eigenvalue weighted by atomic mass is 10.0. The van der Waals surface area contributed by atoms with Crippen molar-refractivity contribution in [2.24, 2.45) is 0 Å². The molecule has 2 aliphatic heterocycles. The molecule has 0 saturated carbocycles. The molecule has 3 heterocycles. The molecule has 6 nitrogen and oxygen atoms in total. The molecule has 2 aromatic carbocycles. The summed E-state index contributed by atoms with van der Waals surface area (Å²) in [6.45, 7) is 3.76. The molecule has 162 valence electrons. The Morgan fingerprint density at radius 1 is 1.29 bits per heavy atom. The van der Waals surface area contributed by atoms with E-state index in [0.29, 0.717) is 11.3 Å². The van der Waals surface area contributed by atoms with Crippen molar-refractivity contribution >= 4 is 16.8 Å². The number of ether oxygens (including phenoxy) is 2. The van der Waals surface area contributed by atoms with Gasteiger partial charge in [-0.25, -0.2) is 0 Å². The number of hydrogen-bond acceptors (Lipinski definition) is 4. The highest BCUT2D eigenvalue weighted by atomic mass is 16.5. The zero-order valence-corrected chi connectivity index (χ0v) is 18.2. The van der Waals surface area contributed by atoms with Crippen LogP contribution in [0.3, 0.4) is 0 Å². The van der Waals surface area contributed by atoms with Gasteiger partial charge in [-0.15, -0.1) is 0 Å². The Labute approximate surface area is 182 Å². The van der Waals surface area contributed by atoms with Gasteiger partial charge in [-0.1, -0.05) is 18.2 Å². The second-order valence-electron chi connectivity index (χ2n) is 8.39. The molecule has 5 rings (SSSR count). The van der Waals surface area contributed by atoms with E-state index in [1.165, 1.54) is 22.4 Å². The maximum atomic E-state index is 12.4. The summed E-state index contributed by atoms with van der Waals surface area (Å²) in [6.07, 6.45) is 4.13. The Kier molecular flexibility index (Phi) is 5.32. The Balaban J connectivity index is 1.33. The zero-order valence-electron chi connectivity index (χ0n) is 18.2. The smallest absolute Gasteiger partial charge is 0.253 e. The summed E-state index contributed by atoms with van der Waals surface area (Å²) in [4.78, 5) is 18.5.